The topological polar surface area (TPSA) is 86.2 Å². The Labute approximate surface area is 90.3 Å². The van der Waals surface area contributed by atoms with Crippen LogP contribution in [-0.2, 0) is 16.4 Å². The third kappa shape index (κ3) is 4.42. The fourth-order valence-electron chi connectivity index (χ4n) is 1.32. The van der Waals surface area contributed by atoms with Crippen molar-refractivity contribution < 1.29 is 8.42 Å². The highest BCUT2D eigenvalue weighted by Crippen LogP contribution is 2.07. The predicted molar refractivity (Wildman–Crippen MR) is 60.5 cm³/mol. The summed E-state index contributed by atoms with van der Waals surface area (Å²) in [6.07, 6.45) is 1.94. The first-order valence-corrected chi connectivity index (χ1v) is 6.42. The van der Waals surface area contributed by atoms with E-state index in [1.54, 1.807) is 0 Å². The van der Waals surface area contributed by atoms with Crippen LogP contribution >= 0.6 is 0 Å². The van der Waals surface area contributed by atoms with Gasteiger partial charge < -0.3 is 5.73 Å². The summed E-state index contributed by atoms with van der Waals surface area (Å²) < 4.78 is 21.7. The van der Waals surface area contributed by atoms with Crippen molar-refractivity contribution in [3.05, 3.63) is 35.9 Å². The van der Waals surface area contributed by atoms with Crippen LogP contribution in [0, 0.1) is 0 Å². The Kier molecular flexibility index (Phi) is 4.26. The highest BCUT2D eigenvalue weighted by atomic mass is 32.2. The van der Waals surface area contributed by atoms with Crippen LogP contribution in [-0.4, -0.2) is 13.8 Å². The lowest BCUT2D eigenvalue weighted by Crippen LogP contribution is -2.36. The second-order valence-corrected chi connectivity index (χ2v) is 5.29. The maximum atomic E-state index is 10.8. The summed E-state index contributed by atoms with van der Waals surface area (Å²) in [5, 5.41) is 3.96. The van der Waals surface area contributed by atoms with Gasteiger partial charge in [-0.15, -0.1) is 0 Å². The van der Waals surface area contributed by atoms with E-state index in [2.05, 4.69) is 0 Å². The molecule has 0 aromatic heterocycles. The molecule has 0 heterocycles. The second kappa shape index (κ2) is 5.25. The molecule has 1 rings (SSSR count). The monoisotopic (exact) mass is 228 g/mol. The number of hydrogen-bond donors (Lipinski definition) is 2. The van der Waals surface area contributed by atoms with Gasteiger partial charge in [-0.05, 0) is 24.8 Å². The predicted octanol–water partition coefficient (Wildman–Crippen LogP) is 0.583. The van der Waals surface area contributed by atoms with E-state index in [9.17, 15) is 8.42 Å². The lowest BCUT2D eigenvalue weighted by molar-refractivity contribution is 0.569. The van der Waals surface area contributed by atoms with E-state index in [1.165, 1.54) is 5.56 Å². The van der Waals surface area contributed by atoms with E-state index in [0.29, 0.717) is 6.42 Å². The van der Waals surface area contributed by atoms with Crippen molar-refractivity contribution in [2.75, 3.05) is 0 Å². The molecule has 4 N–H and O–H groups in total. The molecule has 1 unspecified atom stereocenters. The largest absolute Gasteiger partial charge is 0.314 e. The van der Waals surface area contributed by atoms with Crippen LogP contribution in [0.25, 0.3) is 0 Å². The van der Waals surface area contributed by atoms with E-state index in [1.807, 2.05) is 30.3 Å². The summed E-state index contributed by atoms with van der Waals surface area (Å²) in [6.45, 7) is 0. The number of rotatable bonds is 5. The Morgan fingerprint density at radius 1 is 1.20 bits per heavy atom. The van der Waals surface area contributed by atoms with Crippen molar-refractivity contribution >= 4 is 10.0 Å². The summed E-state index contributed by atoms with van der Waals surface area (Å²) in [5.41, 5.74) is 6.58. The van der Waals surface area contributed by atoms with Gasteiger partial charge in [0.25, 0.3) is 0 Å². The third-order valence-corrected chi connectivity index (χ3v) is 3.30. The first kappa shape index (κ1) is 12.2. The molecule has 4 nitrogen and oxygen atoms in total. The van der Waals surface area contributed by atoms with Gasteiger partial charge in [-0.3, -0.25) is 0 Å². The molecule has 0 spiro atoms. The van der Waals surface area contributed by atoms with Gasteiger partial charge >= 0.3 is 0 Å². The summed E-state index contributed by atoms with van der Waals surface area (Å²) in [5.74, 6) is 0. The molecule has 1 aromatic carbocycles. The molecule has 15 heavy (non-hydrogen) atoms. The van der Waals surface area contributed by atoms with Gasteiger partial charge in [0.2, 0.25) is 10.0 Å². The summed E-state index contributed by atoms with van der Waals surface area (Å²) in [4.78, 5) is 0. The van der Waals surface area contributed by atoms with Crippen molar-refractivity contribution in [1.29, 1.82) is 0 Å². The van der Waals surface area contributed by atoms with Gasteiger partial charge in [0.15, 0.2) is 0 Å². The Bertz CT molecular complexity index is 389. The lowest BCUT2D eigenvalue weighted by Gasteiger charge is -2.08. The molecule has 0 fully saturated rings. The van der Waals surface area contributed by atoms with Crippen LogP contribution < -0.4 is 10.9 Å². The van der Waals surface area contributed by atoms with Gasteiger partial charge in [-0.2, -0.15) is 0 Å². The summed E-state index contributed by atoms with van der Waals surface area (Å²) in [6, 6.07) is 9.86. The smallest absolute Gasteiger partial charge is 0.224 e. The van der Waals surface area contributed by atoms with Crippen LogP contribution in [0.1, 0.15) is 18.4 Å². The van der Waals surface area contributed by atoms with Crippen LogP contribution in [0.15, 0.2) is 30.3 Å². The number of primary sulfonamides is 1. The molecule has 0 amide bonds. The highest BCUT2D eigenvalue weighted by Gasteiger charge is 2.14. The fraction of sp³-hybridized carbons (Fsp3) is 0.400. The van der Waals surface area contributed by atoms with Crippen molar-refractivity contribution in [3.63, 3.8) is 0 Å². The molecule has 84 valence electrons. The van der Waals surface area contributed by atoms with Crippen LogP contribution in [0.4, 0.5) is 0 Å². The fourth-order valence-corrected chi connectivity index (χ4v) is 1.81. The van der Waals surface area contributed by atoms with E-state index in [-0.39, 0.29) is 0 Å². The lowest BCUT2D eigenvalue weighted by atomic mass is 10.1. The normalized spacial score (nSPS) is 13.7. The summed E-state index contributed by atoms with van der Waals surface area (Å²) >= 11 is 0. The number of aryl methyl sites for hydroxylation is 1. The molecular weight excluding hydrogens is 212 g/mol. The van der Waals surface area contributed by atoms with Crippen molar-refractivity contribution in [1.82, 2.24) is 0 Å². The molecule has 1 aromatic rings. The highest BCUT2D eigenvalue weighted by molar-refractivity contribution is 7.89. The van der Waals surface area contributed by atoms with Crippen LogP contribution in [0.5, 0.6) is 0 Å². The zero-order valence-corrected chi connectivity index (χ0v) is 9.28. The molecule has 0 aliphatic heterocycles. The van der Waals surface area contributed by atoms with Crippen LogP contribution in [0.2, 0.25) is 0 Å². The zero-order chi connectivity index (χ0) is 11.3. The molecule has 5 heteroatoms. The molecule has 0 saturated heterocycles. The Morgan fingerprint density at radius 3 is 2.33 bits per heavy atom. The van der Waals surface area contributed by atoms with Gasteiger partial charge in [0.05, 0.1) is 0 Å². The molecule has 0 radical (unpaired) electrons. The molecule has 0 aliphatic carbocycles. The maximum Gasteiger partial charge on any atom is 0.224 e. The van der Waals surface area contributed by atoms with E-state index in [0.717, 1.165) is 12.8 Å². The standard InChI is InChI=1S/C10H16N2O2S/c11-10(15(12,13)14)8-4-7-9-5-2-1-3-6-9/h1-3,5-6,10H,4,7-8,11H2,(H2,12,13,14). The van der Waals surface area contributed by atoms with Gasteiger partial charge in [0, 0.05) is 0 Å². The van der Waals surface area contributed by atoms with Crippen molar-refractivity contribution in [2.24, 2.45) is 10.9 Å². The van der Waals surface area contributed by atoms with Gasteiger partial charge in [-0.1, -0.05) is 30.3 Å². The minimum absolute atomic E-state index is 0.397. The van der Waals surface area contributed by atoms with E-state index in [4.69, 9.17) is 10.9 Å². The average Bonchev–Trinajstić information content (AvgIpc) is 2.18. The quantitative estimate of drug-likeness (QED) is 0.773. The Balaban J connectivity index is 2.35. The average molecular weight is 228 g/mol. The molecule has 1 atom stereocenters. The second-order valence-electron chi connectivity index (χ2n) is 3.51. The zero-order valence-electron chi connectivity index (χ0n) is 8.46. The first-order valence-electron chi connectivity index (χ1n) is 4.81. The number of nitrogens with two attached hydrogens (primary N) is 2. The number of hydrogen-bond acceptors (Lipinski definition) is 3. The van der Waals surface area contributed by atoms with Crippen molar-refractivity contribution in [2.45, 2.75) is 24.6 Å². The third-order valence-electron chi connectivity index (χ3n) is 2.22. The number of benzene rings is 1. The number of sulfonamides is 1. The molecule has 0 aliphatic rings. The molecule has 0 bridgehead atoms. The Hall–Kier alpha value is -0.910. The molecular formula is C10H16N2O2S. The summed E-state index contributed by atoms with van der Waals surface area (Å²) in [7, 11) is -3.58. The van der Waals surface area contributed by atoms with E-state index < -0.39 is 15.4 Å². The first-order chi connectivity index (χ1) is 7.00. The maximum absolute atomic E-state index is 10.8. The van der Waals surface area contributed by atoms with Gasteiger partial charge in [-0.25, -0.2) is 13.6 Å². The molecule has 0 saturated carbocycles. The van der Waals surface area contributed by atoms with Gasteiger partial charge in [0.1, 0.15) is 5.37 Å². The minimum atomic E-state index is -3.58. The minimum Gasteiger partial charge on any atom is -0.314 e. The van der Waals surface area contributed by atoms with Crippen LogP contribution in [0.3, 0.4) is 0 Å². The Morgan fingerprint density at radius 2 is 1.80 bits per heavy atom. The SMILES string of the molecule is NC(CCCc1ccccc1)S(N)(=O)=O. The van der Waals surface area contributed by atoms with E-state index >= 15 is 0 Å². The van der Waals surface area contributed by atoms with Crippen molar-refractivity contribution in [3.8, 4) is 0 Å².